The summed E-state index contributed by atoms with van der Waals surface area (Å²) in [7, 11) is 0. The van der Waals surface area contributed by atoms with Crippen LogP contribution in [0.1, 0.15) is 33.4 Å². The highest BCUT2D eigenvalue weighted by Gasteiger charge is 2.22. The molecule has 10 rings (SSSR count). The lowest BCUT2D eigenvalue weighted by Crippen LogP contribution is -2.16. The Labute approximate surface area is 406 Å². The minimum Gasteiger partial charge on any atom is -0.310 e. The van der Waals surface area contributed by atoms with Gasteiger partial charge in [-0.3, -0.25) is 0 Å². The quantitative estimate of drug-likeness (QED) is 0.0950. The van der Waals surface area contributed by atoms with Gasteiger partial charge in [-0.2, -0.15) is 0 Å². The van der Waals surface area contributed by atoms with Gasteiger partial charge in [0.05, 0.1) is 17.1 Å². The van der Waals surface area contributed by atoms with E-state index in [1.54, 1.807) is 0 Å². The molecule has 10 aromatic carbocycles. The van der Waals surface area contributed by atoms with Crippen molar-refractivity contribution < 1.29 is 0 Å². The van der Waals surface area contributed by atoms with Gasteiger partial charge in [-0.05, 0) is 124 Å². The lowest BCUT2D eigenvalue weighted by atomic mass is 10.1. The van der Waals surface area contributed by atoms with Crippen molar-refractivity contribution in [3.63, 3.8) is 0 Å². The first-order valence-electron chi connectivity index (χ1n) is 23.4. The summed E-state index contributed by atoms with van der Waals surface area (Å²) in [6, 6.07) is 96.7. The summed E-state index contributed by atoms with van der Waals surface area (Å²) in [5.41, 5.74) is 16.2. The van der Waals surface area contributed by atoms with E-state index in [-0.39, 0.29) is 0 Å². The van der Waals surface area contributed by atoms with E-state index in [9.17, 15) is 0 Å². The van der Waals surface area contributed by atoms with E-state index in [1.165, 1.54) is 16.7 Å². The zero-order valence-electron chi connectivity index (χ0n) is 38.3. The van der Waals surface area contributed by atoms with Gasteiger partial charge in [0.2, 0.25) is 0 Å². The molecule has 0 aliphatic heterocycles. The van der Waals surface area contributed by atoms with Crippen LogP contribution in [0, 0.1) is 0 Å². The molecule has 0 unspecified atom stereocenters. The zero-order valence-corrected chi connectivity index (χ0v) is 38.3. The molecule has 0 spiro atoms. The maximum Gasteiger partial charge on any atom is 0.0503 e. The highest BCUT2D eigenvalue weighted by atomic mass is 15.2. The van der Waals surface area contributed by atoms with Crippen molar-refractivity contribution >= 4 is 87.6 Å². The molecule has 330 valence electrons. The molecule has 3 heteroatoms. The number of benzene rings is 10. The summed E-state index contributed by atoms with van der Waals surface area (Å²) < 4.78 is 0. The van der Waals surface area contributed by atoms with Crippen LogP contribution < -0.4 is 14.7 Å². The van der Waals surface area contributed by atoms with Gasteiger partial charge in [-0.1, -0.05) is 218 Å². The summed E-state index contributed by atoms with van der Waals surface area (Å²) in [4.78, 5) is 7.08. The lowest BCUT2D eigenvalue weighted by molar-refractivity contribution is 1.22. The first kappa shape index (κ1) is 43.7. The standard InChI is InChI=1S/C66H51N3/c1-7-19-52(20-8-1)31-34-55-37-43-61(44-38-55)67(58-25-13-4-14-26-58)64-49-65(68(59-27-15-5-16-28-59)62-45-39-56(40-46-62)35-32-53-21-9-2-10-22-53)51-66(50-64)69(60-29-17-6-18-30-60)63-47-41-57(42-48-63)36-33-54-23-11-3-12-24-54/h1-51H/b34-31+,35-32+,36-33+. The fourth-order valence-electron chi connectivity index (χ4n) is 8.51. The average molecular weight is 886 g/mol. The smallest absolute Gasteiger partial charge is 0.0503 e. The van der Waals surface area contributed by atoms with Crippen molar-refractivity contribution in [1.82, 2.24) is 0 Å². The maximum atomic E-state index is 2.36. The Kier molecular flexibility index (Phi) is 13.6. The molecule has 0 N–H and O–H groups in total. The molecule has 0 aliphatic carbocycles. The van der Waals surface area contributed by atoms with Crippen LogP contribution in [-0.2, 0) is 0 Å². The molecule has 0 atom stereocenters. The summed E-state index contributed by atoms with van der Waals surface area (Å²) in [5, 5.41) is 0. The highest BCUT2D eigenvalue weighted by Crippen LogP contribution is 2.46. The van der Waals surface area contributed by atoms with E-state index >= 15 is 0 Å². The molecule has 0 heterocycles. The van der Waals surface area contributed by atoms with Gasteiger partial charge in [0.15, 0.2) is 0 Å². The second-order valence-corrected chi connectivity index (χ2v) is 16.7. The third-order valence-electron chi connectivity index (χ3n) is 12.0. The van der Waals surface area contributed by atoms with Gasteiger partial charge in [0.25, 0.3) is 0 Å². The zero-order chi connectivity index (χ0) is 46.5. The Morgan fingerprint density at radius 3 is 0.551 bits per heavy atom. The third-order valence-corrected chi connectivity index (χ3v) is 12.0. The number of hydrogen-bond acceptors (Lipinski definition) is 3. The Morgan fingerprint density at radius 2 is 0.333 bits per heavy atom. The number of nitrogens with zero attached hydrogens (tertiary/aromatic N) is 3. The summed E-state index contributed by atoms with van der Waals surface area (Å²) in [6.07, 6.45) is 13.0. The fourth-order valence-corrected chi connectivity index (χ4v) is 8.51. The number of rotatable bonds is 15. The molecule has 0 fully saturated rings. The van der Waals surface area contributed by atoms with Crippen molar-refractivity contribution in [3.05, 3.63) is 306 Å². The number of hydrogen-bond donors (Lipinski definition) is 0. The van der Waals surface area contributed by atoms with Gasteiger partial charge < -0.3 is 14.7 Å². The Hall–Kier alpha value is -9.18. The molecule has 69 heavy (non-hydrogen) atoms. The SMILES string of the molecule is C(=C\c1ccc(N(c2ccccc2)c2cc(N(c3ccccc3)c3ccc(/C=C/c4ccccc4)cc3)cc(N(c3ccccc3)c3ccc(/C=C/c4ccccc4)cc3)c2)cc1)/c1ccccc1. The van der Waals surface area contributed by atoms with Gasteiger partial charge in [-0.25, -0.2) is 0 Å². The normalized spacial score (nSPS) is 11.3. The van der Waals surface area contributed by atoms with E-state index < -0.39 is 0 Å². The average Bonchev–Trinajstić information content (AvgIpc) is 3.42. The minimum atomic E-state index is 1.01. The van der Waals surface area contributed by atoms with E-state index in [0.717, 1.165) is 67.9 Å². The minimum absolute atomic E-state index is 1.01. The highest BCUT2D eigenvalue weighted by molar-refractivity contribution is 5.90. The molecule has 0 aromatic heterocycles. The summed E-state index contributed by atoms with van der Waals surface area (Å²) in [6.45, 7) is 0. The second kappa shape index (κ2) is 21.4. The van der Waals surface area contributed by atoms with E-state index in [1.807, 2.05) is 18.2 Å². The molecule has 0 aliphatic rings. The molecule has 0 bridgehead atoms. The van der Waals surface area contributed by atoms with E-state index in [2.05, 4.69) is 306 Å². The van der Waals surface area contributed by atoms with Crippen molar-refractivity contribution in [3.8, 4) is 0 Å². The first-order chi connectivity index (χ1) is 34.2. The maximum absolute atomic E-state index is 2.36. The second-order valence-electron chi connectivity index (χ2n) is 16.7. The molecule has 10 aromatic rings. The van der Waals surface area contributed by atoms with E-state index in [0.29, 0.717) is 0 Å². The van der Waals surface area contributed by atoms with Crippen LogP contribution in [0.15, 0.2) is 273 Å². The predicted molar refractivity (Wildman–Crippen MR) is 297 cm³/mol. The molecule has 0 saturated heterocycles. The van der Waals surface area contributed by atoms with Crippen LogP contribution in [0.5, 0.6) is 0 Å². The van der Waals surface area contributed by atoms with Gasteiger partial charge in [0.1, 0.15) is 0 Å². The van der Waals surface area contributed by atoms with Gasteiger partial charge >= 0.3 is 0 Å². The topological polar surface area (TPSA) is 9.72 Å². The molecule has 0 radical (unpaired) electrons. The van der Waals surface area contributed by atoms with E-state index in [4.69, 9.17) is 0 Å². The summed E-state index contributed by atoms with van der Waals surface area (Å²) >= 11 is 0. The Bertz CT molecular complexity index is 2890. The largest absolute Gasteiger partial charge is 0.310 e. The van der Waals surface area contributed by atoms with Gasteiger partial charge in [0, 0.05) is 34.1 Å². The Balaban J connectivity index is 1.13. The van der Waals surface area contributed by atoms with Gasteiger partial charge in [-0.15, -0.1) is 0 Å². The number of anilines is 9. The molecule has 0 amide bonds. The monoisotopic (exact) mass is 885 g/mol. The fraction of sp³-hybridized carbons (Fsp3) is 0. The third kappa shape index (κ3) is 10.9. The predicted octanol–water partition coefficient (Wildman–Crippen LogP) is 18.6. The first-order valence-corrected chi connectivity index (χ1v) is 23.4. The van der Waals surface area contributed by atoms with Crippen LogP contribution in [-0.4, -0.2) is 0 Å². The van der Waals surface area contributed by atoms with Crippen LogP contribution in [0.4, 0.5) is 51.2 Å². The van der Waals surface area contributed by atoms with Crippen LogP contribution in [0.3, 0.4) is 0 Å². The van der Waals surface area contributed by atoms with Crippen molar-refractivity contribution in [2.75, 3.05) is 14.7 Å². The van der Waals surface area contributed by atoms with Crippen LogP contribution in [0.25, 0.3) is 36.5 Å². The molecular formula is C66H51N3. The lowest BCUT2D eigenvalue weighted by Gasteiger charge is -2.33. The van der Waals surface area contributed by atoms with Crippen molar-refractivity contribution in [2.24, 2.45) is 0 Å². The number of para-hydroxylation sites is 3. The molecule has 0 saturated carbocycles. The van der Waals surface area contributed by atoms with Crippen molar-refractivity contribution in [1.29, 1.82) is 0 Å². The summed E-state index contributed by atoms with van der Waals surface area (Å²) in [5.74, 6) is 0. The van der Waals surface area contributed by atoms with Crippen molar-refractivity contribution in [2.45, 2.75) is 0 Å². The molecular weight excluding hydrogens is 835 g/mol. The van der Waals surface area contributed by atoms with Crippen LogP contribution in [0.2, 0.25) is 0 Å². The Morgan fingerprint density at radius 1 is 0.159 bits per heavy atom. The molecule has 3 nitrogen and oxygen atoms in total. The van der Waals surface area contributed by atoms with Crippen LogP contribution >= 0.6 is 0 Å².